The maximum absolute atomic E-state index is 12.3. The molecule has 0 saturated heterocycles. The molecule has 0 fully saturated rings. The SMILES string of the molecule is CC(C)OCCCNC(=O)C(=O)NC(c1ccccc1)c1ccccc1. The molecule has 0 aliphatic carbocycles. The number of rotatable bonds is 8. The van der Waals surface area contributed by atoms with Gasteiger partial charge in [-0.2, -0.15) is 0 Å². The van der Waals surface area contributed by atoms with Crippen molar-refractivity contribution in [3.8, 4) is 0 Å². The number of hydrogen-bond donors (Lipinski definition) is 2. The molecule has 2 amide bonds. The van der Waals surface area contributed by atoms with Crippen molar-refractivity contribution in [1.82, 2.24) is 10.6 Å². The van der Waals surface area contributed by atoms with Gasteiger partial charge in [-0.05, 0) is 31.4 Å². The zero-order chi connectivity index (χ0) is 18.8. The van der Waals surface area contributed by atoms with Crippen LogP contribution in [0.5, 0.6) is 0 Å². The van der Waals surface area contributed by atoms with Crippen LogP contribution in [0.3, 0.4) is 0 Å². The first-order valence-corrected chi connectivity index (χ1v) is 8.88. The molecule has 0 atom stereocenters. The van der Waals surface area contributed by atoms with Gasteiger partial charge in [-0.3, -0.25) is 9.59 Å². The molecular formula is C21H26N2O3. The van der Waals surface area contributed by atoms with Crippen LogP contribution in [0.4, 0.5) is 0 Å². The Balaban J connectivity index is 1.95. The lowest BCUT2D eigenvalue weighted by atomic mass is 9.99. The lowest BCUT2D eigenvalue weighted by molar-refractivity contribution is -0.139. The molecule has 0 bridgehead atoms. The number of nitrogens with one attached hydrogen (secondary N) is 2. The Morgan fingerprint density at radius 1 is 0.885 bits per heavy atom. The molecule has 2 N–H and O–H groups in total. The Morgan fingerprint density at radius 3 is 1.92 bits per heavy atom. The van der Waals surface area contributed by atoms with Crippen molar-refractivity contribution in [2.45, 2.75) is 32.4 Å². The van der Waals surface area contributed by atoms with E-state index in [0.717, 1.165) is 11.1 Å². The van der Waals surface area contributed by atoms with E-state index in [0.29, 0.717) is 19.6 Å². The summed E-state index contributed by atoms with van der Waals surface area (Å²) in [5.41, 5.74) is 1.84. The van der Waals surface area contributed by atoms with Gasteiger partial charge < -0.3 is 15.4 Å². The van der Waals surface area contributed by atoms with Crippen LogP contribution in [0.15, 0.2) is 60.7 Å². The van der Waals surface area contributed by atoms with E-state index in [-0.39, 0.29) is 12.1 Å². The summed E-state index contributed by atoms with van der Waals surface area (Å²) >= 11 is 0. The van der Waals surface area contributed by atoms with Gasteiger partial charge in [-0.15, -0.1) is 0 Å². The summed E-state index contributed by atoms with van der Waals surface area (Å²) in [4.78, 5) is 24.4. The Morgan fingerprint density at radius 2 is 1.42 bits per heavy atom. The highest BCUT2D eigenvalue weighted by Gasteiger charge is 2.20. The Kier molecular flexibility index (Phi) is 7.83. The Labute approximate surface area is 154 Å². The zero-order valence-electron chi connectivity index (χ0n) is 15.3. The molecule has 0 radical (unpaired) electrons. The highest BCUT2D eigenvalue weighted by atomic mass is 16.5. The summed E-state index contributed by atoms with van der Waals surface area (Å²) in [7, 11) is 0. The number of carbonyl (C=O) groups excluding carboxylic acids is 2. The quantitative estimate of drug-likeness (QED) is 0.566. The van der Waals surface area contributed by atoms with Crippen LogP contribution in [-0.4, -0.2) is 31.1 Å². The molecule has 2 rings (SSSR count). The van der Waals surface area contributed by atoms with Crippen molar-refractivity contribution in [2.75, 3.05) is 13.2 Å². The molecule has 2 aromatic rings. The molecule has 0 heterocycles. The summed E-state index contributed by atoms with van der Waals surface area (Å²) in [5.74, 6) is -1.28. The topological polar surface area (TPSA) is 67.4 Å². The Hall–Kier alpha value is -2.66. The van der Waals surface area contributed by atoms with Crippen LogP contribution in [0.25, 0.3) is 0 Å². The maximum Gasteiger partial charge on any atom is 0.310 e. The monoisotopic (exact) mass is 354 g/mol. The summed E-state index contributed by atoms with van der Waals surface area (Å²) in [6, 6.07) is 18.8. The van der Waals surface area contributed by atoms with E-state index in [1.165, 1.54) is 0 Å². The first-order chi connectivity index (χ1) is 12.6. The van der Waals surface area contributed by atoms with Gasteiger partial charge in [0.1, 0.15) is 0 Å². The van der Waals surface area contributed by atoms with E-state index < -0.39 is 11.8 Å². The average Bonchev–Trinajstić information content (AvgIpc) is 2.66. The first-order valence-electron chi connectivity index (χ1n) is 8.88. The maximum atomic E-state index is 12.3. The molecule has 5 heteroatoms. The minimum absolute atomic E-state index is 0.159. The highest BCUT2D eigenvalue weighted by molar-refractivity contribution is 6.35. The number of ether oxygens (including phenoxy) is 1. The van der Waals surface area contributed by atoms with Crippen molar-refractivity contribution in [3.63, 3.8) is 0 Å². The lowest BCUT2D eigenvalue weighted by Gasteiger charge is -2.19. The van der Waals surface area contributed by atoms with Crippen molar-refractivity contribution in [3.05, 3.63) is 71.8 Å². The van der Waals surface area contributed by atoms with Crippen LogP contribution in [0.1, 0.15) is 37.4 Å². The average molecular weight is 354 g/mol. The van der Waals surface area contributed by atoms with Crippen molar-refractivity contribution in [1.29, 1.82) is 0 Å². The van der Waals surface area contributed by atoms with Gasteiger partial charge in [0.2, 0.25) is 0 Å². The normalized spacial score (nSPS) is 10.8. The molecule has 0 unspecified atom stereocenters. The molecule has 2 aromatic carbocycles. The Bertz CT molecular complexity index is 647. The van der Waals surface area contributed by atoms with Crippen molar-refractivity contribution >= 4 is 11.8 Å². The third-order valence-electron chi connectivity index (χ3n) is 3.81. The molecule has 0 aliphatic heterocycles. The van der Waals surface area contributed by atoms with E-state index in [2.05, 4.69) is 10.6 Å². The second-order valence-electron chi connectivity index (χ2n) is 6.26. The number of hydrogen-bond acceptors (Lipinski definition) is 3. The molecule has 26 heavy (non-hydrogen) atoms. The summed E-state index contributed by atoms with van der Waals surface area (Å²) in [5, 5.41) is 5.46. The van der Waals surface area contributed by atoms with Gasteiger partial charge >= 0.3 is 11.8 Å². The van der Waals surface area contributed by atoms with Crippen LogP contribution < -0.4 is 10.6 Å². The second-order valence-corrected chi connectivity index (χ2v) is 6.26. The van der Waals surface area contributed by atoms with E-state index in [1.54, 1.807) is 0 Å². The van der Waals surface area contributed by atoms with Crippen molar-refractivity contribution in [2.24, 2.45) is 0 Å². The van der Waals surface area contributed by atoms with E-state index >= 15 is 0 Å². The van der Waals surface area contributed by atoms with E-state index in [1.807, 2.05) is 74.5 Å². The van der Waals surface area contributed by atoms with Gasteiger partial charge in [0, 0.05) is 13.2 Å². The minimum atomic E-state index is -0.646. The number of carbonyl (C=O) groups is 2. The predicted octanol–water partition coefficient (Wildman–Crippen LogP) is 2.82. The summed E-state index contributed by atoms with van der Waals surface area (Å²) in [6.45, 7) is 4.87. The fourth-order valence-electron chi connectivity index (χ4n) is 2.52. The third kappa shape index (κ3) is 6.33. The van der Waals surface area contributed by atoms with E-state index in [9.17, 15) is 9.59 Å². The molecular weight excluding hydrogens is 328 g/mol. The van der Waals surface area contributed by atoms with Crippen LogP contribution >= 0.6 is 0 Å². The fourth-order valence-corrected chi connectivity index (χ4v) is 2.52. The fraction of sp³-hybridized carbons (Fsp3) is 0.333. The van der Waals surface area contributed by atoms with Gasteiger partial charge in [-0.1, -0.05) is 60.7 Å². The summed E-state index contributed by atoms with van der Waals surface area (Å²) in [6.07, 6.45) is 0.823. The molecule has 0 spiro atoms. The molecule has 0 saturated carbocycles. The number of benzene rings is 2. The smallest absolute Gasteiger partial charge is 0.310 e. The van der Waals surface area contributed by atoms with Gasteiger partial charge in [-0.25, -0.2) is 0 Å². The molecule has 0 aliphatic rings. The molecule has 138 valence electrons. The number of amides is 2. The molecule has 5 nitrogen and oxygen atoms in total. The van der Waals surface area contributed by atoms with E-state index in [4.69, 9.17) is 4.74 Å². The first kappa shape index (κ1) is 19.7. The van der Waals surface area contributed by atoms with Crippen LogP contribution in [0.2, 0.25) is 0 Å². The standard InChI is InChI=1S/C21H26N2O3/c1-16(2)26-15-9-14-22-20(24)21(25)23-19(17-10-5-3-6-11-17)18-12-7-4-8-13-18/h3-8,10-13,16,19H,9,14-15H2,1-2H3,(H,22,24)(H,23,25). The van der Waals surface area contributed by atoms with Gasteiger partial charge in [0.05, 0.1) is 12.1 Å². The molecule has 0 aromatic heterocycles. The zero-order valence-corrected chi connectivity index (χ0v) is 15.3. The summed E-state index contributed by atoms with van der Waals surface area (Å²) < 4.78 is 5.41. The van der Waals surface area contributed by atoms with Crippen LogP contribution in [-0.2, 0) is 14.3 Å². The van der Waals surface area contributed by atoms with Gasteiger partial charge in [0.15, 0.2) is 0 Å². The van der Waals surface area contributed by atoms with Crippen molar-refractivity contribution < 1.29 is 14.3 Å². The predicted molar refractivity (Wildman–Crippen MR) is 102 cm³/mol. The largest absolute Gasteiger partial charge is 0.379 e. The second kappa shape index (κ2) is 10.4. The lowest BCUT2D eigenvalue weighted by Crippen LogP contribution is -2.42. The minimum Gasteiger partial charge on any atom is -0.379 e. The third-order valence-corrected chi connectivity index (χ3v) is 3.81. The highest BCUT2D eigenvalue weighted by Crippen LogP contribution is 2.21. The van der Waals surface area contributed by atoms with Gasteiger partial charge in [0.25, 0.3) is 0 Å². The van der Waals surface area contributed by atoms with Crippen LogP contribution in [0, 0.1) is 0 Å².